The van der Waals surface area contributed by atoms with Crippen LogP contribution in [0.25, 0.3) is 0 Å². The lowest BCUT2D eigenvalue weighted by Crippen LogP contribution is -2.07. The fourth-order valence-electron chi connectivity index (χ4n) is 2.14. The van der Waals surface area contributed by atoms with Crippen molar-refractivity contribution in [1.29, 1.82) is 0 Å². The van der Waals surface area contributed by atoms with Crippen molar-refractivity contribution in [1.82, 2.24) is 9.55 Å². The Hall–Kier alpha value is -1.13. The molecule has 2 N–H and O–H groups in total. The van der Waals surface area contributed by atoms with Crippen molar-refractivity contribution in [2.75, 3.05) is 0 Å². The minimum absolute atomic E-state index is 0.472. The summed E-state index contributed by atoms with van der Waals surface area (Å²) in [5.41, 5.74) is 9.60. The van der Waals surface area contributed by atoms with Gasteiger partial charge in [-0.15, -0.1) is 0 Å². The van der Waals surface area contributed by atoms with E-state index in [4.69, 9.17) is 5.73 Å². The van der Waals surface area contributed by atoms with Crippen molar-refractivity contribution in [2.45, 2.75) is 26.3 Å². The smallest absolute Gasteiger partial charge is 0.127 e. The summed E-state index contributed by atoms with van der Waals surface area (Å²) >= 11 is 3.51. The highest BCUT2D eigenvalue weighted by Crippen LogP contribution is 2.19. The van der Waals surface area contributed by atoms with E-state index in [1.54, 1.807) is 0 Å². The van der Waals surface area contributed by atoms with Crippen molar-refractivity contribution < 1.29 is 0 Å². The van der Waals surface area contributed by atoms with Gasteiger partial charge in [0, 0.05) is 7.05 Å². The van der Waals surface area contributed by atoms with Crippen LogP contribution in [0, 0.1) is 6.92 Å². The topological polar surface area (TPSA) is 43.8 Å². The predicted molar refractivity (Wildman–Crippen MR) is 77.4 cm³/mol. The first-order valence-electron chi connectivity index (χ1n) is 6.08. The maximum absolute atomic E-state index is 5.66. The van der Waals surface area contributed by atoms with Gasteiger partial charge in [-0.25, -0.2) is 4.98 Å². The number of nitrogens with zero attached hydrogens (tertiary/aromatic N) is 2. The second kappa shape index (κ2) is 5.67. The molecule has 0 radical (unpaired) electrons. The Morgan fingerprint density at radius 3 is 2.61 bits per heavy atom. The molecule has 0 atom stereocenters. The molecule has 0 aliphatic heterocycles. The van der Waals surface area contributed by atoms with E-state index in [0.717, 1.165) is 23.3 Å². The molecule has 0 amide bonds. The van der Waals surface area contributed by atoms with Crippen molar-refractivity contribution in [3.8, 4) is 0 Å². The van der Waals surface area contributed by atoms with E-state index >= 15 is 0 Å². The number of imidazole rings is 1. The van der Waals surface area contributed by atoms with Crippen LogP contribution in [0.1, 0.15) is 22.6 Å². The van der Waals surface area contributed by atoms with E-state index < -0.39 is 0 Å². The van der Waals surface area contributed by atoms with Gasteiger partial charge in [-0.2, -0.15) is 0 Å². The maximum Gasteiger partial charge on any atom is 0.127 e. The summed E-state index contributed by atoms with van der Waals surface area (Å²) in [6, 6.07) is 8.50. The van der Waals surface area contributed by atoms with Crippen molar-refractivity contribution >= 4 is 15.9 Å². The molecule has 0 fully saturated rings. The highest BCUT2D eigenvalue weighted by molar-refractivity contribution is 9.10. The van der Waals surface area contributed by atoms with Crippen LogP contribution in [0.5, 0.6) is 0 Å². The lowest BCUT2D eigenvalue weighted by molar-refractivity contribution is 0.738. The number of hydrogen-bond donors (Lipinski definition) is 1. The monoisotopic (exact) mass is 307 g/mol. The van der Waals surface area contributed by atoms with Gasteiger partial charge >= 0.3 is 0 Å². The van der Waals surface area contributed by atoms with Crippen LogP contribution in [0.15, 0.2) is 28.9 Å². The number of halogens is 1. The molecule has 0 saturated carbocycles. The Morgan fingerprint density at radius 2 is 2.00 bits per heavy atom. The van der Waals surface area contributed by atoms with Crippen LogP contribution < -0.4 is 5.73 Å². The molecule has 3 nitrogen and oxygen atoms in total. The predicted octanol–water partition coefficient (Wildman–Crippen LogP) is 2.73. The van der Waals surface area contributed by atoms with Crippen LogP contribution in [-0.2, 0) is 26.4 Å². The first-order chi connectivity index (χ1) is 8.63. The summed E-state index contributed by atoms with van der Waals surface area (Å²) in [7, 11) is 2.02. The van der Waals surface area contributed by atoms with Gasteiger partial charge in [0.25, 0.3) is 0 Å². The fourth-order valence-corrected chi connectivity index (χ4v) is 2.81. The first kappa shape index (κ1) is 13.3. The van der Waals surface area contributed by atoms with Gasteiger partial charge in [-0.05, 0) is 46.8 Å². The van der Waals surface area contributed by atoms with Crippen LogP contribution in [0.2, 0.25) is 0 Å². The van der Waals surface area contributed by atoms with Gasteiger partial charge < -0.3 is 10.3 Å². The number of rotatable bonds is 4. The van der Waals surface area contributed by atoms with Gasteiger partial charge in [0.05, 0.1) is 12.2 Å². The molecule has 0 spiro atoms. The molecule has 18 heavy (non-hydrogen) atoms. The standard InChI is InChI=1S/C14H18BrN3/c1-10-5-3-4-6-11(10)7-8-12-14(15)17-13(9-16)18(12)2/h3-6H,7-9,16H2,1-2H3. The number of benzene rings is 1. The molecule has 0 saturated heterocycles. The highest BCUT2D eigenvalue weighted by Gasteiger charge is 2.11. The lowest BCUT2D eigenvalue weighted by Gasteiger charge is -2.07. The summed E-state index contributed by atoms with van der Waals surface area (Å²) < 4.78 is 3.00. The molecule has 4 heteroatoms. The van der Waals surface area contributed by atoms with Crippen molar-refractivity contribution in [3.63, 3.8) is 0 Å². The second-order valence-corrected chi connectivity index (χ2v) is 5.21. The number of hydrogen-bond acceptors (Lipinski definition) is 2. The van der Waals surface area contributed by atoms with Crippen LogP contribution in [0.4, 0.5) is 0 Å². The lowest BCUT2D eigenvalue weighted by atomic mass is 10.0. The third-order valence-corrected chi connectivity index (χ3v) is 3.97. The minimum atomic E-state index is 0.472. The molecule has 2 aromatic rings. The average molecular weight is 308 g/mol. The summed E-state index contributed by atoms with van der Waals surface area (Å²) in [4.78, 5) is 4.42. The molecule has 0 unspecified atom stereocenters. The SMILES string of the molecule is Cc1ccccc1CCc1c(Br)nc(CN)n1C. The van der Waals surface area contributed by atoms with Crippen LogP contribution in [0.3, 0.4) is 0 Å². The molecule has 2 rings (SSSR count). The van der Waals surface area contributed by atoms with E-state index in [1.165, 1.54) is 16.8 Å². The Morgan fingerprint density at radius 1 is 1.28 bits per heavy atom. The summed E-state index contributed by atoms with van der Waals surface area (Å²) in [5.74, 6) is 0.918. The molecule has 96 valence electrons. The summed E-state index contributed by atoms with van der Waals surface area (Å²) in [6.45, 7) is 2.62. The van der Waals surface area contributed by atoms with E-state index in [2.05, 4.69) is 56.7 Å². The molecule has 0 aliphatic carbocycles. The van der Waals surface area contributed by atoms with Crippen LogP contribution in [-0.4, -0.2) is 9.55 Å². The molecular weight excluding hydrogens is 290 g/mol. The third kappa shape index (κ3) is 2.65. The van der Waals surface area contributed by atoms with Crippen molar-refractivity contribution in [3.05, 3.63) is 51.5 Å². The molecule has 0 bridgehead atoms. The molecule has 1 aromatic carbocycles. The normalized spacial score (nSPS) is 10.9. The molecule has 1 aromatic heterocycles. The largest absolute Gasteiger partial charge is 0.333 e. The molecule has 1 heterocycles. The Bertz CT molecular complexity index is 546. The maximum atomic E-state index is 5.66. The summed E-state index contributed by atoms with van der Waals surface area (Å²) in [5, 5.41) is 0. The average Bonchev–Trinajstić information content (AvgIpc) is 2.64. The van der Waals surface area contributed by atoms with E-state index in [0.29, 0.717) is 6.54 Å². The zero-order valence-electron chi connectivity index (χ0n) is 10.8. The molecule has 0 aliphatic rings. The zero-order valence-corrected chi connectivity index (χ0v) is 12.4. The van der Waals surface area contributed by atoms with E-state index in [-0.39, 0.29) is 0 Å². The second-order valence-electron chi connectivity index (χ2n) is 4.46. The van der Waals surface area contributed by atoms with Gasteiger partial charge in [-0.1, -0.05) is 24.3 Å². The van der Waals surface area contributed by atoms with Gasteiger partial charge in [-0.3, -0.25) is 0 Å². The van der Waals surface area contributed by atoms with E-state index in [1.807, 2.05) is 7.05 Å². The number of nitrogens with two attached hydrogens (primary N) is 1. The minimum Gasteiger partial charge on any atom is -0.333 e. The number of aryl methyl sites for hydroxylation is 2. The van der Waals surface area contributed by atoms with Gasteiger partial charge in [0.15, 0.2) is 0 Å². The quantitative estimate of drug-likeness (QED) is 0.944. The fraction of sp³-hybridized carbons (Fsp3) is 0.357. The van der Waals surface area contributed by atoms with E-state index in [9.17, 15) is 0 Å². The van der Waals surface area contributed by atoms with Crippen LogP contribution >= 0.6 is 15.9 Å². The zero-order chi connectivity index (χ0) is 13.1. The first-order valence-corrected chi connectivity index (χ1v) is 6.87. The summed E-state index contributed by atoms with van der Waals surface area (Å²) in [6.07, 6.45) is 1.99. The molecular formula is C14H18BrN3. The number of aromatic nitrogens is 2. The third-order valence-electron chi connectivity index (χ3n) is 3.33. The van der Waals surface area contributed by atoms with Gasteiger partial charge in [0.1, 0.15) is 10.4 Å². The Labute approximate surface area is 116 Å². The highest BCUT2D eigenvalue weighted by atomic mass is 79.9. The Kier molecular flexibility index (Phi) is 4.19. The van der Waals surface area contributed by atoms with Gasteiger partial charge in [0.2, 0.25) is 0 Å². The van der Waals surface area contributed by atoms with Crippen molar-refractivity contribution in [2.24, 2.45) is 12.8 Å². The Balaban J connectivity index is 2.16.